The van der Waals surface area contributed by atoms with Crippen LogP contribution in [-0.2, 0) is 22.4 Å². The monoisotopic (exact) mass is 382 g/mol. The van der Waals surface area contributed by atoms with Crippen LogP contribution in [0.3, 0.4) is 0 Å². The summed E-state index contributed by atoms with van der Waals surface area (Å²) in [4.78, 5) is 24.8. The quantitative estimate of drug-likeness (QED) is 0.773. The molecule has 28 heavy (non-hydrogen) atoms. The van der Waals surface area contributed by atoms with Crippen molar-refractivity contribution in [2.45, 2.75) is 37.1 Å². The van der Waals surface area contributed by atoms with E-state index in [1.807, 2.05) is 24.3 Å². The molecule has 2 N–H and O–H groups in total. The molecule has 2 aromatic rings. The molecule has 0 aliphatic heterocycles. The van der Waals surface area contributed by atoms with E-state index in [0.29, 0.717) is 13.0 Å². The number of carbonyl (C=O) groups is 2. The van der Waals surface area contributed by atoms with Crippen molar-refractivity contribution in [2.24, 2.45) is 0 Å². The predicted molar refractivity (Wildman–Crippen MR) is 103 cm³/mol. The van der Waals surface area contributed by atoms with E-state index in [1.165, 1.54) is 12.1 Å². The van der Waals surface area contributed by atoms with Gasteiger partial charge in [0.2, 0.25) is 11.8 Å². The zero-order valence-electron chi connectivity index (χ0n) is 15.8. The average molecular weight is 382 g/mol. The van der Waals surface area contributed by atoms with Crippen molar-refractivity contribution < 1.29 is 18.7 Å². The van der Waals surface area contributed by atoms with Crippen LogP contribution in [0.5, 0.6) is 5.75 Å². The van der Waals surface area contributed by atoms with E-state index in [9.17, 15) is 14.0 Å². The number of fused-ring (bicyclic) bond motifs is 1. The molecule has 6 heteroatoms. The fourth-order valence-electron chi connectivity index (χ4n) is 3.61. The molecule has 146 valence electrons. The number of amides is 2. The SMILES string of the molecule is COc1ccc(CC(=O)NCC2(NC(=O)C3Cc4ccc(F)cc43)CC2)cc1. The van der Waals surface area contributed by atoms with Crippen LogP contribution in [0, 0.1) is 5.82 Å². The summed E-state index contributed by atoms with van der Waals surface area (Å²) in [6.07, 6.45) is 2.60. The molecule has 2 aromatic carbocycles. The third-order valence-corrected chi connectivity index (χ3v) is 5.61. The largest absolute Gasteiger partial charge is 0.497 e. The minimum atomic E-state index is -0.365. The third kappa shape index (κ3) is 3.86. The van der Waals surface area contributed by atoms with Crippen LogP contribution in [0.1, 0.15) is 35.4 Å². The van der Waals surface area contributed by atoms with E-state index in [4.69, 9.17) is 4.74 Å². The van der Waals surface area contributed by atoms with E-state index >= 15 is 0 Å². The zero-order valence-corrected chi connectivity index (χ0v) is 15.8. The summed E-state index contributed by atoms with van der Waals surface area (Å²) in [6, 6.07) is 12.0. The Kier molecular flexibility index (Phi) is 4.79. The van der Waals surface area contributed by atoms with Crippen molar-refractivity contribution in [2.75, 3.05) is 13.7 Å². The van der Waals surface area contributed by atoms with E-state index in [2.05, 4.69) is 10.6 Å². The molecule has 1 unspecified atom stereocenters. The van der Waals surface area contributed by atoms with E-state index in [0.717, 1.165) is 35.3 Å². The Morgan fingerprint density at radius 1 is 1.18 bits per heavy atom. The van der Waals surface area contributed by atoms with Gasteiger partial charge in [0.05, 0.1) is 25.0 Å². The summed E-state index contributed by atoms with van der Waals surface area (Å²) in [5, 5.41) is 6.00. The Morgan fingerprint density at radius 2 is 1.93 bits per heavy atom. The zero-order chi connectivity index (χ0) is 19.7. The summed E-state index contributed by atoms with van der Waals surface area (Å²) < 4.78 is 18.5. The number of nitrogens with one attached hydrogen (secondary N) is 2. The number of methoxy groups -OCH3 is 1. The Morgan fingerprint density at radius 3 is 2.61 bits per heavy atom. The fraction of sp³-hybridized carbons (Fsp3) is 0.364. The van der Waals surface area contributed by atoms with Gasteiger partial charge in [0.15, 0.2) is 0 Å². The van der Waals surface area contributed by atoms with Crippen LogP contribution in [0.15, 0.2) is 42.5 Å². The lowest BCUT2D eigenvalue weighted by Crippen LogP contribution is -2.49. The maximum Gasteiger partial charge on any atom is 0.228 e. The van der Waals surface area contributed by atoms with Crippen molar-refractivity contribution in [3.63, 3.8) is 0 Å². The molecule has 2 aliphatic rings. The van der Waals surface area contributed by atoms with Crippen LogP contribution in [0.4, 0.5) is 4.39 Å². The highest BCUT2D eigenvalue weighted by molar-refractivity contribution is 5.88. The Balaban J connectivity index is 1.28. The number of hydrogen-bond donors (Lipinski definition) is 2. The molecule has 0 radical (unpaired) electrons. The first-order chi connectivity index (χ1) is 13.5. The van der Waals surface area contributed by atoms with Gasteiger partial charge in [-0.05, 0) is 60.2 Å². The predicted octanol–water partition coefficient (Wildman–Crippen LogP) is 2.48. The highest BCUT2D eigenvalue weighted by Crippen LogP contribution is 2.39. The second kappa shape index (κ2) is 7.26. The molecule has 0 spiro atoms. The Bertz CT molecular complexity index is 906. The molecule has 1 atom stereocenters. The highest BCUT2D eigenvalue weighted by atomic mass is 19.1. The molecule has 5 nitrogen and oxygen atoms in total. The maximum atomic E-state index is 13.4. The Hall–Kier alpha value is -2.89. The molecule has 1 fully saturated rings. The van der Waals surface area contributed by atoms with Crippen LogP contribution in [0.25, 0.3) is 0 Å². The smallest absolute Gasteiger partial charge is 0.228 e. The standard InChI is InChI=1S/C22H23FN2O3/c1-28-17-6-2-14(3-7-17)10-20(26)24-13-22(8-9-22)25-21(27)19-11-15-4-5-16(23)12-18(15)19/h2-7,12,19H,8-11,13H2,1H3,(H,24,26)(H,25,27). The van der Waals surface area contributed by atoms with Gasteiger partial charge in [-0.3, -0.25) is 9.59 Å². The molecule has 0 heterocycles. The molecule has 0 aromatic heterocycles. The molecule has 0 bridgehead atoms. The van der Waals surface area contributed by atoms with Gasteiger partial charge in [0.1, 0.15) is 11.6 Å². The highest BCUT2D eigenvalue weighted by Gasteiger charge is 2.46. The molecule has 1 saturated carbocycles. The number of halogens is 1. The first-order valence-electron chi connectivity index (χ1n) is 9.48. The van der Waals surface area contributed by atoms with Crippen molar-refractivity contribution in [1.82, 2.24) is 10.6 Å². The summed E-state index contributed by atoms with van der Waals surface area (Å²) in [6.45, 7) is 0.413. The van der Waals surface area contributed by atoms with Crippen LogP contribution in [-0.4, -0.2) is 31.0 Å². The molecular formula is C22H23FN2O3. The van der Waals surface area contributed by atoms with Crippen molar-refractivity contribution in [3.8, 4) is 5.75 Å². The van der Waals surface area contributed by atoms with Gasteiger partial charge in [-0.25, -0.2) is 4.39 Å². The van der Waals surface area contributed by atoms with Crippen LogP contribution < -0.4 is 15.4 Å². The minimum absolute atomic E-state index is 0.0817. The average Bonchev–Trinajstić information content (AvgIpc) is 3.43. The normalized spacial score (nSPS) is 18.4. The van der Waals surface area contributed by atoms with Crippen LogP contribution in [0.2, 0.25) is 0 Å². The fourth-order valence-corrected chi connectivity index (χ4v) is 3.61. The lowest BCUT2D eigenvalue weighted by molar-refractivity contribution is -0.125. The first-order valence-corrected chi connectivity index (χ1v) is 9.48. The minimum Gasteiger partial charge on any atom is -0.497 e. The molecule has 0 saturated heterocycles. The second-order valence-electron chi connectivity index (χ2n) is 7.67. The van der Waals surface area contributed by atoms with E-state index < -0.39 is 0 Å². The Labute approximate surface area is 163 Å². The van der Waals surface area contributed by atoms with Gasteiger partial charge in [-0.15, -0.1) is 0 Å². The van der Waals surface area contributed by atoms with Gasteiger partial charge in [0.25, 0.3) is 0 Å². The number of benzene rings is 2. The van der Waals surface area contributed by atoms with E-state index in [-0.39, 0.29) is 35.5 Å². The number of rotatable bonds is 7. The number of carbonyl (C=O) groups excluding carboxylic acids is 2. The third-order valence-electron chi connectivity index (χ3n) is 5.61. The summed E-state index contributed by atoms with van der Waals surface area (Å²) in [5.74, 6) is -0.0237. The van der Waals surface area contributed by atoms with Crippen LogP contribution >= 0.6 is 0 Å². The lowest BCUT2D eigenvalue weighted by atomic mass is 9.77. The van der Waals surface area contributed by atoms with Gasteiger partial charge >= 0.3 is 0 Å². The molecule has 4 rings (SSSR count). The first kappa shape index (κ1) is 18.5. The van der Waals surface area contributed by atoms with Crippen molar-refractivity contribution in [3.05, 3.63) is 65.0 Å². The molecule has 2 amide bonds. The topological polar surface area (TPSA) is 67.4 Å². The second-order valence-corrected chi connectivity index (χ2v) is 7.67. The summed E-state index contributed by atoms with van der Waals surface area (Å²) in [5.41, 5.74) is 2.34. The molecule has 2 aliphatic carbocycles. The lowest BCUT2D eigenvalue weighted by Gasteiger charge is -2.31. The van der Waals surface area contributed by atoms with Crippen molar-refractivity contribution in [1.29, 1.82) is 0 Å². The number of ether oxygens (including phenoxy) is 1. The van der Waals surface area contributed by atoms with Gasteiger partial charge in [-0.1, -0.05) is 18.2 Å². The van der Waals surface area contributed by atoms with Gasteiger partial charge < -0.3 is 15.4 Å². The van der Waals surface area contributed by atoms with E-state index in [1.54, 1.807) is 13.2 Å². The van der Waals surface area contributed by atoms with Gasteiger partial charge in [0, 0.05) is 6.54 Å². The number of hydrogen-bond acceptors (Lipinski definition) is 3. The van der Waals surface area contributed by atoms with Gasteiger partial charge in [-0.2, -0.15) is 0 Å². The summed E-state index contributed by atoms with van der Waals surface area (Å²) >= 11 is 0. The molecular weight excluding hydrogens is 359 g/mol. The maximum absolute atomic E-state index is 13.4. The van der Waals surface area contributed by atoms with Crippen molar-refractivity contribution >= 4 is 11.8 Å². The summed E-state index contributed by atoms with van der Waals surface area (Å²) in [7, 11) is 1.60.